The molecule has 0 aliphatic rings. The fraction of sp³-hybridized carbons (Fsp3) is 0.167. The number of nitrogens with zero attached hydrogens (tertiary/aromatic N) is 3. The second-order valence-electron chi connectivity index (χ2n) is 4.14. The van der Waals surface area contributed by atoms with Crippen molar-refractivity contribution in [2.45, 2.75) is 6.92 Å². The van der Waals surface area contributed by atoms with Crippen LogP contribution in [0.5, 0.6) is 11.6 Å². The third kappa shape index (κ3) is 2.53. The first kappa shape index (κ1) is 14.4. The molecule has 1 heterocycles. The van der Waals surface area contributed by atoms with Gasteiger partial charge in [0, 0.05) is 7.05 Å². The predicted octanol–water partition coefficient (Wildman–Crippen LogP) is 2.27. The van der Waals surface area contributed by atoms with E-state index < -0.39 is 28.0 Å². The first-order valence-electron chi connectivity index (χ1n) is 5.70. The van der Waals surface area contributed by atoms with E-state index in [9.17, 15) is 19.3 Å². The average Bonchev–Trinajstić information content (AvgIpc) is 2.63. The Balaban J connectivity index is 2.56. The molecule has 0 amide bonds. The molecule has 0 radical (unpaired) electrons. The number of hydrogen-bond acceptors (Lipinski definition) is 5. The van der Waals surface area contributed by atoms with Gasteiger partial charge < -0.3 is 9.84 Å². The molecule has 0 bridgehead atoms. The average molecular weight is 295 g/mol. The highest BCUT2D eigenvalue weighted by Crippen LogP contribution is 2.35. The summed E-state index contributed by atoms with van der Waals surface area (Å²) >= 11 is 0. The van der Waals surface area contributed by atoms with Crippen LogP contribution in [0.25, 0.3) is 0 Å². The van der Waals surface area contributed by atoms with Gasteiger partial charge in [-0.2, -0.15) is 5.10 Å². The highest BCUT2D eigenvalue weighted by molar-refractivity contribution is 5.91. The predicted molar refractivity (Wildman–Crippen MR) is 68.0 cm³/mol. The SMILES string of the molecule is Cc1nn(C)c(Oc2cccc(F)c2C(=O)O)c1[N+](=O)[O-]. The summed E-state index contributed by atoms with van der Waals surface area (Å²) in [4.78, 5) is 21.4. The summed E-state index contributed by atoms with van der Waals surface area (Å²) in [5.74, 6) is -3.15. The minimum absolute atomic E-state index is 0.103. The monoisotopic (exact) mass is 295 g/mol. The van der Waals surface area contributed by atoms with E-state index in [0.29, 0.717) is 0 Å². The number of benzene rings is 1. The normalized spacial score (nSPS) is 10.4. The second-order valence-corrected chi connectivity index (χ2v) is 4.14. The molecule has 8 nitrogen and oxygen atoms in total. The maximum Gasteiger partial charge on any atom is 0.353 e. The number of carboxylic acid groups (broad SMARTS) is 1. The Morgan fingerprint density at radius 1 is 1.52 bits per heavy atom. The molecule has 2 aromatic rings. The first-order chi connectivity index (χ1) is 9.82. The fourth-order valence-electron chi connectivity index (χ4n) is 1.85. The molecule has 0 aliphatic heterocycles. The molecular weight excluding hydrogens is 285 g/mol. The van der Waals surface area contributed by atoms with E-state index in [1.807, 2.05) is 0 Å². The van der Waals surface area contributed by atoms with Crippen molar-refractivity contribution < 1.29 is 24.0 Å². The van der Waals surface area contributed by atoms with Crippen LogP contribution in [-0.4, -0.2) is 25.8 Å². The number of aromatic nitrogens is 2. The lowest BCUT2D eigenvalue weighted by molar-refractivity contribution is -0.386. The molecule has 1 aromatic heterocycles. The van der Waals surface area contributed by atoms with Crippen LogP contribution in [0.3, 0.4) is 0 Å². The number of ether oxygens (including phenoxy) is 1. The highest BCUT2D eigenvalue weighted by atomic mass is 19.1. The van der Waals surface area contributed by atoms with Gasteiger partial charge in [-0.05, 0) is 19.1 Å². The van der Waals surface area contributed by atoms with Gasteiger partial charge in [0.1, 0.15) is 22.8 Å². The van der Waals surface area contributed by atoms with E-state index in [2.05, 4.69) is 5.10 Å². The number of aromatic carboxylic acids is 1. The molecule has 9 heteroatoms. The molecule has 2 rings (SSSR count). The van der Waals surface area contributed by atoms with Gasteiger partial charge >= 0.3 is 11.7 Å². The van der Waals surface area contributed by atoms with Gasteiger partial charge in [0.15, 0.2) is 0 Å². The lowest BCUT2D eigenvalue weighted by Gasteiger charge is -2.08. The molecule has 1 N–H and O–H groups in total. The van der Waals surface area contributed by atoms with E-state index >= 15 is 0 Å². The van der Waals surface area contributed by atoms with Crippen molar-refractivity contribution >= 4 is 11.7 Å². The molecule has 0 fully saturated rings. The number of carboxylic acids is 1. The van der Waals surface area contributed by atoms with Crippen molar-refractivity contribution in [3.8, 4) is 11.6 Å². The highest BCUT2D eigenvalue weighted by Gasteiger charge is 2.28. The topological polar surface area (TPSA) is 107 Å². The smallest absolute Gasteiger partial charge is 0.353 e. The van der Waals surface area contributed by atoms with Gasteiger partial charge in [0.2, 0.25) is 0 Å². The van der Waals surface area contributed by atoms with E-state index in [1.54, 1.807) is 0 Å². The Bertz CT molecular complexity index is 741. The van der Waals surface area contributed by atoms with E-state index in [0.717, 1.165) is 10.7 Å². The number of aryl methyl sites for hydroxylation is 2. The van der Waals surface area contributed by atoms with Gasteiger partial charge in [-0.15, -0.1) is 0 Å². The molecule has 0 spiro atoms. The minimum atomic E-state index is -1.54. The lowest BCUT2D eigenvalue weighted by atomic mass is 10.2. The first-order valence-corrected chi connectivity index (χ1v) is 5.70. The molecule has 0 atom stereocenters. The van der Waals surface area contributed by atoms with Crippen LogP contribution in [0.1, 0.15) is 16.1 Å². The van der Waals surface area contributed by atoms with Gasteiger partial charge in [-0.3, -0.25) is 10.1 Å². The largest absolute Gasteiger partial charge is 0.477 e. The maximum absolute atomic E-state index is 13.6. The zero-order valence-electron chi connectivity index (χ0n) is 11.0. The van der Waals surface area contributed by atoms with Crippen molar-refractivity contribution in [2.75, 3.05) is 0 Å². The summed E-state index contributed by atoms with van der Waals surface area (Å²) in [6.45, 7) is 1.41. The van der Waals surface area contributed by atoms with Crippen molar-refractivity contribution in [3.63, 3.8) is 0 Å². The van der Waals surface area contributed by atoms with Crippen LogP contribution >= 0.6 is 0 Å². The molecule has 110 valence electrons. The molecular formula is C12H10FN3O5. The van der Waals surface area contributed by atoms with Crippen LogP contribution < -0.4 is 4.74 Å². The van der Waals surface area contributed by atoms with Crippen LogP contribution in [0.15, 0.2) is 18.2 Å². The standard InChI is InChI=1S/C12H10FN3O5/c1-6-10(16(19)20)11(15(2)14-6)21-8-5-3-4-7(13)9(8)12(17)18/h3-5H,1-2H3,(H,17,18). The van der Waals surface area contributed by atoms with Gasteiger partial charge in [0.05, 0.1) is 4.92 Å². The number of rotatable bonds is 4. The number of hydrogen-bond donors (Lipinski definition) is 1. The van der Waals surface area contributed by atoms with E-state index in [-0.39, 0.29) is 17.3 Å². The third-order valence-corrected chi connectivity index (χ3v) is 2.72. The summed E-state index contributed by atoms with van der Waals surface area (Å²) < 4.78 is 19.9. The molecule has 21 heavy (non-hydrogen) atoms. The summed E-state index contributed by atoms with van der Waals surface area (Å²) in [5.41, 5.74) is -1.01. The maximum atomic E-state index is 13.6. The number of carbonyl (C=O) groups is 1. The van der Waals surface area contributed by atoms with Gasteiger partial charge in [-0.25, -0.2) is 13.9 Å². The zero-order valence-corrected chi connectivity index (χ0v) is 11.0. The number of halogens is 1. The number of nitro groups is 1. The lowest BCUT2D eigenvalue weighted by Crippen LogP contribution is -2.05. The zero-order chi connectivity index (χ0) is 15.7. The fourth-order valence-corrected chi connectivity index (χ4v) is 1.85. The minimum Gasteiger partial charge on any atom is -0.477 e. The summed E-state index contributed by atoms with van der Waals surface area (Å²) in [5, 5.41) is 23.8. The third-order valence-electron chi connectivity index (χ3n) is 2.72. The van der Waals surface area contributed by atoms with Crippen molar-refractivity contribution in [1.29, 1.82) is 0 Å². The Morgan fingerprint density at radius 3 is 2.76 bits per heavy atom. The van der Waals surface area contributed by atoms with Crippen LogP contribution in [-0.2, 0) is 7.05 Å². The van der Waals surface area contributed by atoms with Crippen molar-refractivity contribution in [2.24, 2.45) is 7.05 Å². The Hall–Kier alpha value is -2.97. The molecule has 0 unspecified atom stereocenters. The summed E-state index contributed by atoms with van der Waals surface area (Å²) in [6.07, 6.45) is 0. The van der Waals surface area contributed by atoms with Gasteiger partial charge in [-0.1, -0.05) is 6.07 Å². The molecule has 0 saturated carbocycles. The summed E-state index contributed by atoms with van der Waals surface area (Å²) in [7, 11) is 1.40. The van der Waals surface area contributed by atoms with Crippen LogP contribution in [0.4, 0.5) is 10.1 Å². The van der Waals surface area contributed by atoms with E-state index in [4.69, 9.17) is 9.84 Å². The Morgan fingerprint density at radius 2 is 2.19 bits per heavy atom. The van der Waals surface area contributed by atoms with Crippen molar-refractivity contribution in [3.05, 3.63) is 45.4 Å². The molecule has 0 aliphatic carbocycles. The summed E-state index contributed by atoms with van der Waals surface area (Å²) in [6, 6.07) is 3.41. The molecule has 0 saturated heterocycles. The van der Waals surface area contributed by atoms with Crippen molar-refractivity contribution in [1.82, 2.24) is 9.78 Å². The second kappa shape index (κ2) is 5.19. The van der Waals surface area contributed by atoms with E-state index in [1.165, 1.54) is 26.1 Å². The molecule has 1 aromatic carbocycles. The quantitative estimate of drug-likeness (QED) is 0.684. The van der Waals surface area contributed by atoms with Gasteiger partial charge in [0.25, 0.3) is 5.88 Å². The Kier molecular flexibility index (Phi) is 3.57. The van der Waals surface area contributed by atoms with Crippen LogP contribution in [0, 0.1) is 22.9 Å². The van der Waals surface area contributed by atoms with Crippen LogP contribution in [0.2, 0.25) is 0 Å². The Labute approximate surface area is 117 Å².